The third kappa shape index (κ3) is 5.15. The van der Waals surface area contributed by atoms with Crippen LogP contribution >= 0.6 is 11.3 Å². The van der Waals surface area contributed by atoms with E-state index >= 15 is 0 Å². The highest BCUT2D eigenvalue weighted by atomic mass is 32.1. The van der Waals surface area contributed by atoms with Gasteiger partial charge in [0, 0.05) is 18.0 Å². The normalized spacial score (nSPS) is 11.2. The molecule has 0 aliphatic rings. The quantitative estimate of drug-likeness (QED) is 0.248. The lowest BCUT2D eigenvalue weighted by molar-refractivity contribution is 0.0985. The van der Waals surface area contributed by atoms with Crippen LogP contribution in [0.3, 0.4) is 0 Å². The van der Waals surface area contributed by atoms with Gasteiger partial charge in [0.15, 0.2) is 5.13 Å². The van der Waals surface area contributed by atoms with Crippen LogP contribution in [0.15, 0.2) is 97.3 Å². The lowest BCUT2D eigenvalue weighted by Gasteiger charge is -2.20. The van der Waals surface area contributed by atoms with E-state index in [0.29, 0.717) is 23.2 Å². The average molecular weight is 478 g/mol. The molecule has 2 aromatic heterocycles. The Bertz CT molecular complexity index is 1430. The first-order chi connectivity index (χ1) is 17.1. The lowest BCUT2D eigenvalue weighted by Crippen LogP contribution is -2.30. The van der Waals surface area contributed by atoms with E-state index in [4.69, 9.17) is 4.98 Å². The predicted molar refractivity (Wildman–Crippen MR) is 144 cm³/mol. The van der Waals surface area contributed by atoms with Gasteiger partial charge in [0.25, 0.3) is 5.91 Å². The fourth-order valence-corrected chi connectivity index (χ4v) is 5.19. The molecule has 0 unspecified atom stereocenters. The number of anilines is 1. The third-order valence-corrected chi connectivity index (χ3v) is 7.10. The van der Waals surface area contributed by atoms with Crippen molar-refractivity contribution in [3.63, 3.8) is 0 Å². The smallest absolute Gasteiger partial charge is 0.260 e. The maximum absolute atomic E-state index is 13.8. The molecule has 5 rings (SSSR count). The number of nitrogens with zero attached hydrogens (tertiary/aromatic N) is 3. The van der Waals surface area contributed by atoms with Crippen molar-refractivity contribution in [1.82, 2.24) is 9.97 Å². The summed E-state index contributed by atoms with van der Waals surface area (Å²) in [6.07, 6.45) is 4.38. The number of benzene rings is 3. The van der Waals surface area contributed by atoms with Gasteiger partial charge in [-0.25, -0.2) is 4.98 Å². The lowest BCUT2D eigenvalue weighted by atomic mass is 10.0. The minimum atomic E-state index is -0.0646. The summed E-state index contributed by atoms with van der Waals surface area (Å²) in [4.78, 5) is 24.8. The molecule has 4 nitrogen and oxygen atoms in total. The Labute approximate surface area is 209 Å². The molecule has 0 saturated heterocycles. The topological polar surface area (TPSA) is 46.1 Å². The summed E-state index contributed by atoms with van der Waals surface area (Å²) in [6, 6.07) is 28.4. The number of pyridine rings is 1. The zero-order chi connectivity index (χ0) is 24.2. The SMILES string of the molecule is CC(C)c1cccc2sc(N(Cc3cccnc3)C(=O)c3ccc(Cc4ccccc4)cc3)nc12. The molecule has 0 saturated carbocycles. The van der Waals surface area contributed by atoms with Crippen LogP contribution in [0.25, 0.3) is 10.2 Å². The summed E-state index contributed by atoms with van der Waals surface area (Å²) in [5.74, 6) is 0.290. The Hall–Kier alpha value is -3.83. The highest BCUT2D eigenvalue weighted by Crippen LogP contribution is 2.34. The Morgan fingerprint density at radius 2 is 1.60 bits per heavy atom. The third-order valence-electron chi connectivity index (χ3n) is 6.05. The van der Waals surface area contributed by atoms with Gasteiger partial charge in [0.1, 0.15) is 0 Å². The molecule has 35 heavy (non-hydrogen) atoms. The summed E-state index contributed by atoms with van der Waals surface area (Å²) in [5.41, 5.74) is 6.21. The fourth-order valence-electron chi connectivity index (χ4n) is 4.19. The monoisotopic (exact) mass is 477 g/mol. The summed E-state index contributed by atoms with van der Waals surface area (Å²) in [6.45, 7) is 4.75. The largest absolute Gasteiger partial charge is 0.279 e. The molecular formula is C30H27N3OS. The van der Waals surface area contributed by atoms with Crippen molar-refractivity contribution in [3.05, 3.63) is 125 Å². The molecule has 0 aliphatic heterocycles. The van der Waals surface area contributed by atoms with E-state index in [1.165, 1.54) is 16.7 Å². The Morgan fingerprint density at radius 3 is 2.31 bits per heavy atom. The molecule has 0 bridgehead atoms. The molecule has 5 heteroatoms. The van der Waals surface area contributed by atoms with Crippen molar-refractivity contribution < 1.29 is 4.79 Å². The molecule has 3 aromatic carbocycles. The van der Waals surface area contributed by atoms with Gasteiger partial charge in [0.05, 0.1) is 16.8 Å². The number of fused-ring (bicyclic) bond motifs is 1. The highest BCUT2D eigenvalue weighted by molar-refractivity contribution is 7.22. The van der Waals surface area contributed by atoms with E-state index in [0.717, 1.165) is 22.2 Å². The van der Waals surface area contributed by atoms with E-state index in [2.05, 4.69) is 49.2 Å². The van der Waals surface area contributed by atoms with E-state index in [-0.39, 0.29) is 5.91 Å². The predicted octanol–water partition coefficient (Wildman–Crippen LogP) is 7.25. The number of carbonyl (C=O) groups excluding carboxylic acids is 1. The molecule has 0 spiro atoms. The van der Waals surface area contributed by atoms with Crippen molar-refractivity contribution in [2.75, 3.05) is 4.90 Å². The molecular weight excluding hydrogens is 450 g/mol. The number of hydrogen-bond donors (Lipinski definition) is 0. The maximum Gasteiger partial charge on any atom is 0.260 e. The molecule has 1 amide bonds. The molecule has 0 fully saturated rings. The standard InChI is InChI=1S/C30H27N3OS/c1-21(2)26-11-6-12-27-28(26)32-30(35-27)33(20-24-10-7-17-31-19-24)29(34)25-15-13-23(14-16-25)18-22-8-4-3-5-9-22/h3-17,19,21H,18,20H2,1-2H3. The van der Waals surface area contributed by atoms with Crippen LogP contribution in [-0.4, -0.2) is 15.9 Å². The van der Waals surface area contributed by atoms with E-state index in [1.807, 2.05) is 54.6 Å². The zero-order valence-electron chi connectivity index (χ0n) is 19.9. The number of aromatic nitrogens is 2. The summed E-state index contributed by atoms with van der Waals surface area (Å²) in [5, 5.41) is 0.704. The van der Waals surface area contributed by atoms with Crippen LogP contribution in [0.1, 0.15) is 52.4 Å². The van der Waals surface area contributed by atoms with Crippen molar-refractivity contribution in [2.45, 2.75) is 32.7 Å². The van der Waals surface area contributed by atoms with Crippen LogP contribution in [0, 0.1) is 0 Å². The van der Waals surface area contributed by atoms with Crippen molar-refractivity contribution in [1.29, 1.82) is 0 Å². The first-order valence-electron chi connectivity index (χ1n) is 11.8. The minimum Gasteiger partial charge on any atom is -0.279 e. The fraction of sp³-hybridized carbons (Fsp3) is 0.167. The van der Waals surface area contributed by atoms with Crippen molar-refractivity contribution in [3.8, 4) is 0 Å². The molecule has 0 atom stereocenters. The molecule has 0 N–H and O–H groups in total. The molecule has 0 aliphatic carbocycles. The van der Waals surface area contributed by atoms with Crippen LogP contribution in [-0.2, 0) is 13.0 Å². The van der Waals surface area contributed by atoms with Gasteiger partial charge in [-0.2, -0.15) is 0 Å². The molecule has 174 valence electrons. The number of para-hydroxylation sites is 1. The molecule has 5 aromatic rings. The van der Waals surface area contributed by atoms with Gasteiger partial charge >= 0.3 is 0 Å². The van der Waals surface area contributed by atoms with E-state index < -0.39 is 0 Å². The van der Waals surface area contributed by atoms with Crippen LogP contribution in [0.2, 0.25) is 0 Å². The summed E-state index contributed by atoms with van der Waals surface area (Å²) >= 11 is 1.56. The van der Waals surface area contributed by atoms with Gasteiger partial charge in [-0.05, 0) is 58.9 Å². The van der Waals surface area contributed by atoms with Gasteiger partial charge < -0.3 is 0 Å². The second kappa shape index (κ2) is 10.2. The van der Waals surface area contributed by atoms with Crippen molar-refractivity contribution in [2.24, 2.45) is 0 Å². The second-order valence-electron chi connectivity index (χ2n) is 8.96. The highest BCUT2D eigenvalue weighted by Gasteiger charge is 2.23. The number of rotatable bonds is 7. The Balaban J connectivity index is 1.48. The average Bonchev–Trinajstić information content (AvgIpc) is 3.32. The van der Waals surface area contributed by atoms with Crippen LogP contribution in [0.4, 0.5) is 5.13 Å². The van der Waals surface area contributed by atoms with Gasteiger partial charge in [-0.1, -0.05) is 85.8 Å². The summed E-state index contributed by atoms with van der Waals surface area (Å²) < 4.78 is 1.09. The summed E-state index contributed by atoms with van der Waals surface area (Å²) in [7, 11) is 0. The minimum absolute atomic E-state index is 0.0646. The van der Waals surface area contributed by atoms with Gasteiger partial charge in [-0.3, -0.25) is 14.7 Å². The van der Waals surface area contributed by atoms with E-state index in [1.54, 1.807) is 28.6 Å². The molecule has 0 radical (unpaired) electrons. The number of hydrogen-bond acceptors (Lipinski definition) is 4. The number of thiazole rings is 1. The number of carbonyl (C=O) groups is 1. The van der Waals surface area contributed by atoms with Crippen LogP contribution < -0.4 is 4.90 Å². The maximum atomic E-state index is 13.8. The van der Waals surface area contributed by atoms with E-state index in [9.17, 15) is 4.79 Å². The van der Waals surface area contributed by atoms with Gasteiger partial charge in [0.2, 0.25) is 0 Å². The first-order valence-corrected chi connectivity index (χ1v) is 12.6. The first kappa shape index (κ1) is 22.9. The second-order valence-corrected chi connectivity index (χ2v) is 9.97. The van der Waals surface area contributed by atoms with Crippen LogP contribution in [0.5, 0.6) is 0 Å². The molecule has 2 heterocycles. The number of amides is 1. The van der Waals surface area contributed by atoms with Crippen molar-refractivity contribution >= 4 is 32.6 Å². The zero-order valence-corrected chi connectivity index (χ0v) is 20.7. The Morgan fingerprint density at radius 1 is 0.857 bits per heavy atom. The van der Waals surface area contributed by atoms with Gasteiger partial charge in [-0.15, -0.1) is 0 Å². The Kier molecular flexibility index (Phi) is 6.68.